The Morgan fingerprint density at radius 2 is 2.07 bits per heavy atom. The first kappa shape index (κ1) is 16.1. The maximum Gasteiger partial charge on any atom is 0.374 e. The van der Waals surface area contributed by atoms with Crippen LogP contribution in [-0.2, 0) is 4.74 Å². The first-order valence-electron chi connectivity index (χ1n) is 8.59. The van der Waals surface area contributed by atoms with E-state index in [1.165, 1.54) is 0 Å². The van der Waals surface area contributed by atoms with Crippen LogP contribution in [0.2, 0.25) is 0 Å². The molecule has 0 N–H and O–H groups in total. The van der Waals surface area contributed by atoms with Crippen molar-refractivity contribution in [3.05, 3.63) is 54.3 Å². The summed E-state index contributed by atoms with van der Waals surface area (Å²) in [5.41, 5.74) is 1.55. The molecule has 1 saturated heterocycles. The van der Waals surface area contributed by atoms with Crippen molar-refractivity contribution in [1.29, 1.82) is 0 Å². The van der Waals surface area contributed by atoms with E-state index in [-0.39, 0.29) is 11.9 Å². The number of thiazole rings is 1. The van der Waals surface area contributed by atoms with Crippen LogP contribution in [0.15, 0.2) is 52.9 Å². The molecule has 7 heteroatoms. The number of para-hydroxylation sites is 2. The van der Waals surface area contributed by atoms with E-state index in [1.54, 1.807) is 24.5 Å². The van der Waals surface area contributed by atoms with E-state index < -0.39 is 5.97 Å². The van der Waals surface area contributed by atoms with Crippen LogP contribution in [0.5, 0.6) is 5.75 Å². The molecule has 1 aliphatic heterocycles. The smallest absolute Gasteiger partial charge is 0.374 e. The number of methoxy groups -OCH3 is 1. The van der Waals surface area contributed by atoms with Gasteiger partial charge in [0.25, 0.3) is 0 Å². The highest BCUT2D eigenvalue weighted by Crippen LogP contribution is 2.36. The minimum Gasteiger partial charge on any atom is -0.494 e. The second-order valence-corrected chi connectivity index (χ2v) is 7.39. The molecule has 1 fully saturated rings. The molecule has 6 nitrogen and oxygen atoms in total. The van der Waals surface area contributed by atoms with Crippen LogP contribution in [0.4, 0.5) is 5.13 Å². The molecular formula is C20H16N2O4S. The maximum atomic E-state index is 12.3. The van der Waals surface area contributed by atoms with Crippen molar-refractivity contribution in [2.75, 3.05) is 25.1 Å². The number of furan rings is 1. The second-order valence-electron chi connectivity index (χ2n) is 6.38. The van der Waals surface area contributed by atoms with Gasteiger partial charge in [0.2, 0.25) is 5.76 Å². The molecule has 0 amide bonds. The first-order valence-corrected chi connectivity index (χ1v) is 9.41. The zero-order valence-corrected chi connectivity index (χ0v) is 15.4. The number of carbonyl (C=O) groups is 1. The summed E-state index contributed by atoms with van der Waals surface area (Å²) in [6.07, 6.45) is -0.167. The quantitative estimate of drug-likeness (QED) is 0.497. The van der Waals surface area contributed by atoms with Gasteiger partial charge in [-0.15, -0.1) is 0 Å². The van der Waals surface area contributed by atoms with Crippen LogP contribution in [0, 0.1) is 0 Å². The molecule has 0 spiro atoms. The molecule has 27 heavy (non-hydrogen) atoms. The van der Waals surface area contributed by atoms with E-state index >= 15 is 0 Å². The number of anilines is 1. The molecular weight excluding hydrogens is 364 g/mol. The van der Waals surface area contributed by atoms with Crippen LogP contribution < -0.4 is 9.64 Å². The van der Waals surface area contributed by atoms with Crippen molar-refractivity contribution >= 4 is 43.6 Å². The lowest BCUT2D eigenvalue weighted by Crippen LogP contribution is -2.53. The summed E-state index contributed by atoms with van der Waals surface area (Å²) in [5, 5.41) is 1.80. The van der Waals surface area contributed by atoms with Gasteiger partial charge < -0.3 is 18.8 Å². The Kier molecular flexibility index (Phi) is 3.75. The number of benzene rings is 2. The molecule has 0 bridgehead atoms. The molecule has 0 aliphatic carbocycles. The fourth-order valence-electron chi connectivity index (χ4n) is 3.17. The van der Waals surface area contributed by atoms with Crippen molar-refractivity contribution < 1.29 is 18.7 Å². The topological polar surface area (TPSA) is 64.8 Å². The third kappa shape index (κ3) is 2.80. The van der Waals surface area contributed by atoms with Gasteiger partial charge in [-0.1, -0.05) is 35.6 Å². The number of carbonyl (C=O) groups excluding carboxylic acids is 1. The lowest BCUT2D eigenvalue weighted by Gasteiger charge is -2.37. The van der Waals surface area contributed by atoms with E-state index in [0.717, 1.165) is 26.5 Å². The highest BCUT2D eigenvalue weighted by molar-refractivity contribution is 7.22. The number of fused-ring (bicyclic) bond motifs is 2. The minimum absolute atomic E-state index is 0.167. The number of hydrogen-bond acceptors (Lipinski definition) is 7. The normalized spacial score (nSPS) is 14.5. The molecule has 4 aromatic rings. The second kappa shape index (κ2) is 6.28. The number of hydrogen-bond donors (Lipinski definition) is 0. The summed E-state index contributed by atoms with van der Waals surface area (Å²) in [5.74, 6) is 0.574. The Labute approximate surface area is 158 Å². The summed E-state index contributed by atoms with van der Waals surface area (Å²) in [4.78, 5) is 19.1. The molecule has 136 valence electrons. The fourth-order valence-corrected chi connectivity index (χ4v) is 4.17. The predicted octanol–water partition coefficient (Wildman–Crippen LogP) is 4.10. The van der Waals surface area contributed by atoms with E-state index in [1.807, 2.05) is 42.5 Å². The van der Waals surface area contributed by atoms with Crippen molar-refractivity contribution in [3.8, 4) is 5.75 Å². The maximum absolute atomic E-state index is 12.3. The fraction of sp³-hybridized carbons (Fsp3) is 0.200. The molecule has 3 heterocycles. The summed E-state index contributed by atoms with van der Waals surface area (Å²) in [6.45, 7) is 1.24. The third-order valence-electron chi connectivity index (χ3n) is 4.61. The van der Waals surface area contributed by atoms with Gasteiger partial charge in [-0.3, -0.25) is 0 Å². The molecule has 0 unspecified atom stereocenters. The Balaban J connectivity index is 1.26. The number of nitrogens with zero attached hydrogens (tertiary/aromatic N) is 2. The van der Waals surface area contributed by atoms with Crippen molar-refractivity contribution in [3.63, 3.8) is 0 Å². The van der Waals surface area contributed by atoms with Crippen LogP contribution >= 0.6 is 11.3 Å². The first-order chi connectivity index (χ1) is 13.2. The molecule has 1 aliphatic rings. The van der Waals surface area contributed by atoms with Gasteiger partial charge in [-0.25, -0.2) is 9.78 Å². The van der Waals surface area contributed by atoms with Gasteiger partial charge in [0.05, 0.1) is 24.9 Å². The lowest BCUT2D eigenvalue weighted by atomic mass is 10.2. The number of aromatic nitrogens is 1. The van der Waals surface area contributed by atoms with Crippen molar-refractivity contribution in [1.82, 2.24) is 4.98 Å². The monoisotopic (exact) mass is 380 g/mol. The van der Waals surface area contributed by atoms with Crippen LogP contribution in [0.25, 0.3) is 21.2 Å². The zero-order chi connectivity index (χ0) is 18.4. The molecule has 0 atom stereocenters. The molecule has 2 aromatic carbocycles. The standard InChI is InChI=1S/C20H16N2O4S/c1-24-15-7-4-8-17-18(15)21-20(27-17)22-10-13(11-22)25-19(23)16-9-12-5-2-3-6-14(12)26-16/h2-9,13H,10-11H2,1H3. The minimum atomic E-state index is -0.429. The van der Waals surface area contributed by atoms with Crippen molar-refractivity contribution in [2.45, 2.75) is 6.10 Å². The Morgan fingerprint density at radius 3 is 2.89 bits per heavy atom. The highest BCUT2D eigenvalue weighted by Gasteiger charge is 2.33. The van der Waals surface area contributed by atoms with E-state index in [2.05, 4.69) is 9.88 Å². The van der Waals surface area contributed by atoms with E-state index in [9.17, 15) is 4.79 Å². The van der Waals surface area contributed by atoms with Gasteiger partial charge in [0.1, 0.15) is 23.0 Å². The molecule has 0 radical (unpaired) electrons. The largest absolute Gasteiger partial charge is 0.494 e. The Bertz CT molecular complexity index is 1110. The average molecular weight is 380 g/mol. The summed E-state index contributed by atoms with van der Waals surface area (Å²) >= 11 is 1.61. The zero-order valence-electron chi connectivity index (χ0n) is 14.5. The summed E-state index contributed by atoms with van der Waals surface area (Å²) < 4.78 is 17.6. The summed E-state index contributed by atoms with van der Waals surface area (Å²) in [6, 6.07) is 15.1. The SMILES string of the molecule is COc1cccc2sc(N3CC(OC(=O)c4cc5ccccc5o4)C3)nc12. The number of esters is 1. The van der Waals surface area contributed by atoms with Crippen LogP contribution in [0.3, 0.4) is 0 Å². The Morgan fingerprint density at radius 1 is 1.22 bits per heavy atom. The molecule has 2 aromatic heterocycles. The lowest BCUT2D eigenvalue weighted by molar-refractivity contribution is 0.0202. The highest BCUT2D eigenvalue weighted by atomic mass is 32.1. The average Bonchev–Trinajstić information content (AvgIpc) is 3.27. The van der Waals surface area contributed by atoms with Gasteiger partial charge in [0.15, 0.2) is 5.13 Å². The Hall–Kier alpha value is -3.06. The molecule has 0 saturated carbocycles. The number of ether oxygens (including phenoxy) is 2. The van der Waals surface area contributed by atoms with Gasteiger partial charge in [-0.2, -0.15) is 0 Å². The van der Waals surface area contributed by atoms with Gasteiger partial charge in [0, 0.05) is 5.39 Å². The van der Waals surface area contributed by atoms with Crippen molar-refractivity contribution in [2.24, 2.45) is 0 Å². The van der Waals surface area contributed by atoms with Crippen LogP contribution in [0.1, 0.15) is 10.6 Å². The van der Waals surface area contributed by atoms with Crippen LogP contribution in [-0.4, -0.2) is 37.3 Å². The van der Waals surface area contributed by atoms with Gasteiger partial charge in [-0.05, 0) is 24.3 Å². The van der Waals surface area contributed by atoms with E-state index in [0.29, 0.717) is 18.7 Å². The third-order valence-corrected chi connectivity index (χ3v) is 5.69. The number of rotatable bonds is 4. The summed E-state index contributed by atoms with van der Waals surface area (Å²) in [7, 11) is 1.64. The predicted molar refractivity (Wildman–Crippen MR) is 104 cm³/mol. The van der Waals surface area contributed by atoms with E-state index in [4.69, 9.17) is 13.9 Å². The molecule has 5 rings (SSSR count). The van der Waals surface area contributed by atoms with Gasteiger partial charge >= 0.3 is 5.97 Å².